The Balaban J connectivity index is 2.85. The van der Waals surface area contributed by atoms with Crippen molar-refractivity contribution in [3.8, 4) is 5.75 Å². The first kappa shape index (κ1) is 10.7. The van der Waals surface area contributed by atoms with E-state index in [9.17, 15) is 9.90 Å². The Morgan fingerprint density at radius 1 is 1.57 bits per heavy atom. The summed E-state index contributed by atoms with van der Waals surface area (Å²) in [7, 11) is 1.42. The maximum Gasteiger partial charge on any atom is 0.407 e. The molecule has 0 saturated heterocycles. The number of benzene rings is 1. The van der Waals surface area contributed by atoms with Gasteiger partial charge in [0.05, 0.1) is 6.54 Å². The van der Waals surface area contributed by atoms with Crippen molar-refractivity contribution in [2.75, 3.05) is 7.05 Å². The number of amides is 1. The number of rotatable bonds is 2. The van der Waals surface area contributed by atoms with Gasteiger partial charge in [0.2, 0.25) is 0 Å². The number of hydrogen-bond acceptors (Lipinski definition) is 2. The number of phenols is 1. The molecule has 1 aromatic carbocycles. The molecule has 1 aromatic rings. The van der Waals surface area contributed by atoms with Crippen LogP contribution in [0.3, 0.4) is 0 Å². The van der Waals surface area contributed by atoms with E-state index in [0.717, 1.165) is 4.90 Å². The molecule has 1 rings (SSSR count). The topological polar surface area (TPSA) is 60.8 Å². The summed E-state index contributed by atoms with van der Waals surface area (Å²) in [5.41, 5.74) is 0.488. The molecule has 0 spiro atoms. The fourth-order valence-corrected chi connectivity index (χ4v) is 1.20. The van der Waals surface area contributed by atoms with Gasteiger partial charge in [-0.05, 0) is 18.2 Å². The van der Waals surface area contributed by atoms with Crippen molar-refractivity contribution >= 4 is 17.7 Å². The molecule has 0 heterocycles. The van der Waals surface area contributed by atoms with E-state index in [-0.39, 0.29) is 12.3 Å². The highest BCUT2D eigenvalue weighted by atomic mass is 35.5. The first-order valence-corrected chi connectivity index (χ1v) is 4.30. The van der Waals surface area contributed by atoms with E-state index >= 15 is 0 Å². The monoisotopic (exact) mass is 215 g/mol. The second-order valence-corrected chi connectivity index (χ2v) is 3.35. The van der Waals surface area contributed by atoms with Gasteiger partial charge < -0.3 is 15.1 Å². The van der Waals surface area contributed by atoms with Crippen LogP contribution >= 0.6 is 11.6 Å². The number of carbonyl (C=O) groups is 1. The summed E-state index contributed by atoms with van der Waals surface area (Å²) < 4.78 is 0. The zero-order chi connectivity index (χ0) is 10.7. The van der Waals surface area contributed by atoms with Crippen LogP contribution in [-0.2, 0) is 6.54 Å². The third-order valence-corrected chi connectivity index (χ3v) is 2.01. The SMILES string of the molecule is CN(Cc1cc(Cl)ccc1O)C(=O)O. The minimum absolute atomic E-state index is 0.0440. The zero-order valence-corrected chi connectivity index (χ0v) is 8.32. The number of nitrogens with zero attached hydrogens (tertiary/aromatic N) is 1. The van der Waals surface area contributed by atoms with Crippen molar-refractivity contribution in [2.24, 2.45) is 0 Å². The molecular weight excluding hydrogens is 206 g/mol. The molecule has 0 radical (unpaired) electrons. The van der Waals surface area contributed by atoms with Gasteiger partial charge in [-0.15, -0.1) is 0 Å². The summed E-state index contributed by atoms with van der Waals surface area (Å²) in [5, 5.41) is 18.5. The molecule has 0 bridgehead atoms. The Morgan fingerprint density at radius 3 is 2.79 bits per heavy atom. The molecule has 2 N–H and O–H groups in total. The number of halogens is 1. The van der Waals surface area contributed by atoms with E-state index in [4.69, 9.17) is 16.7 Å². The molecule has 0 aliphatic carbocycles. The molecule has 0 aliphatic rings. The highest BCUT2D eigenvalue weighted by Gasteiger charge is 2.09. The summed E-state index contributed by atoms with van der Waals surface area (Å²) in [4.78, 5) is 11.6. The van der Waals surface area contributed by atoms with Gasteiger partial charge >= 0.3 is 6.09 Å². The zero-order valence-electron chi connectivity index (χ0n) is 7.57. The van der Waals surface area contributed by atoms with Crippen LogP contribution in [0.15, 0.2) is 18.2 Å². The molecule has 0 unspecified atom stereocenters. The van der Waals surface area contributed by atoms with Crippen LogP contribution in [0.1, 0.15) is 5.56 Å². The standard InChI is InChI=1S/C9H10ClNO3/c1-11(9(13)14)5-6-4-7(10)2-3-8(6)12/h2-4,12H,5H2,1H3,(H,13,14). The molecular formula is C9H10ClNO3. The lowest BCUT2D eigenvalue weighted by Crippen LogP contribution is -2.23. The third-order valence-electron chi connectivity index (χ3n) is 1.78. The van der Waals surface area contributed by atoms with E-state index in [1.165, 1.54) is 19.2 Å². The van der Waals surface area contributed by atoms with Crippen LogP contribution < -0.4 is 0 Å². The number of aromatic hydroxyl groups is 1. The molecule has 5 heteroatoms. The first-order chi connectivity index (χ1) is 6.50. The Morgan fingerprint density at radius 2 is 2.21 bits per heavy atom. The minimum Gasteiger partial charge on any atom is -0.508 e. The van der Waals surface area contributed by atoms with E-state index in [1.54, 1.807) is 6.07 Å². The van der Waals surface area contributed by atoms with E-state index < -0.39 is 6.09 Å². The predicted octanol–water partition coefficient (Wildman–Crippen LogP) is 2.16. The second kappa shape index (κ2) is 4.19. The molecule has 0 aromatic heterocycles. The quantitative estimate of drug-likeness (QED) is 0.795. The van der Waals surface area contributed by atoms with Crippen LogP contribution in [-0.4, -0.2) is 28.3 Å². The molecule has 0 aliphatic heterocycles. The summed E-state index contributed by atoms with van der Waals surface area (Å²) in [5.74, 6) is 0.0440. The van der Waals surface area contributed by atoms with Crippen LogP contribution in [0.2, 0.25) is 5.02 Å². The Bertz CT molecular complexity index is 354. The maximum atomic E-state index is 10.5. The number of hydrogen-bond donors (Lipinski definition) is 2. The van der Waals surface area contributed by atoms with Gasteiger partial charge in [-0.3, -0.25) is 0 Å². The highest BCUT2D eigenvalue weighted by Crippen LogP contribution is 2.22. The van der Waals surface area contributed by atoms with Gasteiger partial charge in [-0.1, -0.05) is 11.6 Å². The Hall–Kier alpha value is -1.42. The van der Waals surface area contributed by atoms with Crippen molar-refractivity contribution < 1.29 is 15.0 Å². The lowest BCUT2D eigenvalue weighted by molar-refractivity contribution is 0.153. The van der Waals surface area contributed by atoms with Gasteiger partial charge in [0.1, 0.15) is 5.75 Å². The molecule has 76 valence electrons. The Kier molecular flexibility index (Phi) is 3.19. The van der Waals surface area contributed by atoms with Crippen LogP contribution in [0, 0.1) is 0 Å². The van der Waals surface area contributed by atoms with Crippen LogP contribution in [0.25, 0.3) is 0 Å². The smallest absolute Gasteiger partial charge is 0.407 e. The molecule has 1 amide bonds. The number of carboxylic acid groups (broad SMARTS) is 1. The fraction of sp³-hybridized carbons (Fsp3) is 0.222. The molecule has 14 heavy (non-hydrogen) atoms. The van der Waals surface area contributed by atoms with Crippen molar-refractivity contribution in [3.05, 3.63) is 28.8 Å². The largest absolute Gasteiger partial charge is 0.508 e. The normalized spacial score (nSPS) is 9.86. The predicted molar refractivity (Wildman–Crippen MR) is 52.6 cm³/mol. The lowest BCUT2D eigenvalue weighted by Gasteiger charge is -2.13. The lowest BCUT2D eigenvalue weighted by atomic mass is 10.2. The van der Waals surface area contributed by atoms with Crippen molar-refractivity contribution in [1.82, 2.24) is 4.90 Å². The fourth-order valence-electron chi connectivity index (χ4n) is 1.00. The molecule has 0 saturated carbocycles. The van der Waals surface area contributed by atoms with Crippen LogP contribution in [0.4, 0.5) is 4.79 Å². The first-order valence-electron chi connectivity index (χ1n) is 3.92. The van der Waals surface area contributed by atoms with Gasteiger partial charge in [-0.25, -0.2) is 4.79 Å². The maximum absolute atomic E-state index is 10.5. The van der Waals surface area contributed by atoms with E-state index in [1.807, 2.05) is 0 Å². The van der Waals surface area contributed by atoms with E-state index in [2.05, 4.69) is 0 Å². The average molecular weight is 216 g/mol. The van der Waals surface area contributed by atoms with Crippen molar-refractivity contribution in [3.63, 3.8) is 0 Å². The summed E-state index contributed by atoms with van der Waals surface area (Å²) in [6, 6.07) is 4.52. The Labute approximate surface area is 86.3 Å². The van der Waals surface area contributed by atoms with E-state index in [0.29, 0.717) is 10.6 Å². The summed E-state index contributed by atoms with van der Waals surface area (Å²) >= 11 is 5.70. The molecule has 0 atom stereocenters. The van der Waals surface area contributed by atoms with Gasteiger partial charge in [0.15, 0.2) is 0 Å². The minimum atomic E-state index is -1.05. The summed E-state index contributed by atoms with van der Waals surface area (Å²) in [6.45, 7) is 0.113. The number of phenolic OH excluding ortho intramolecular Hbond substituents is 1. The average Bonchev–Trinajstić information content (AvgIpc) is 2.11. The van der Waals surface area contributed by atoms with Gasteiger partial charge in [0.25, 0.3) is 0 Å². The van der Waals surface area contributed by atoms with Gasteiger partial charge in [0, 0.05) is 17.6 Å². The van der Waals surface area contributed by atoms with Crippen LogP contribution in [0.5, 0.6) is 5.75 Å². The van der Waals surface area contributed by atoms with Crippen molar-refractivity contribution in [1.29, 1.82) is 0 Å². The third kappa shape index (κ3) is 2.53. The second-order valence-electron chi connectivity index (χ2n) is 2.91. The highest BCUT2D eigenvalue weighted by molar-refractivity contribution is 6.30. The van der Waals surface area contributed by atoms with Crippen molar-refractivity contribution in [2.45, 2.75) is 6.54 Å². The molecule has 4 nitrogen and oxygen atoms in total. The van der Waals surface area contributed by atoms with Gasteiger partial charge in [-0.2, -0.15) is 0 Å². The summed E-state index contributed by atoms with van der Waals surface area (Å²) in [6.07, 6.45) is -1.05. The molecule has 0 fully saturated rings.